The van der Waals surface area contributed by atoms with Crippen molar-refractivity contribution in [3.63, 3.8) is 0 Å². The quantitative estimate of drug-likeness (QED) is 0.498. The third-order valence-corrected chi connectivity index (χ3v) is 6.77. The van der Waals surface area contributed by atoms with Gasteiger partial charge in [-0.15, -0.1) is 0 Å². The molecule has 2 N–H and O–H groups in total. The van der Waals surface area contributed by atoms with Crippen LogP contribution in [0.15, 0.2) is 48.5 Å². The third-order valence-electron chi connectivity index (χ3n) is 6.77. The number of nitrogens with one attached hydrogen (secondary N) is 2. The van der Waals surface area contributed by atoms with Crippen LogP contribution in [0.5, 0.6) is 0 Å². The summed E-state index contributed by atoms with van der Waals surface area (Å²) < 4.78 is 59.2. The number of hydrogen-bond donors (Lipinski definition) is 2. The first-order chi connectivity index (χ1) is 16.2. The summed E-state index contributed by atoms with van der Waals surface area (Å²) in [6.45, 7) is 1.38. The van der Waals surface area contributed by atoms with Gasteiger partial charge in [0.15, 0.2) is 0 Å². The molecule has 1 aliphatic carbocycles. The van der Waals surface area contributed by atoms with E-state index in [0.717, 1.165) is 30.5 Å². The maximum absolute atomic E-state index is 13.3. The average Bonchev–Trinajstić information content (AvgIpc) is 3.66. The third kappa shape index (κ3) is 5.78. The van der Waals surface area contributed by atoms with Crippen LogP contribution in [0, 0.1) is 5.92 Å². The van der Waals surface area contributed by atoms with E-state index in [1.165, 1.54) is 6.07 Å². The molecule has 8 heteroatoms. The molecule has 1 heterocycles. The molecule has 0 spiro atoms. The number of piperidine rings is 1. The first kappa shape index (κ1) is 24.7. The second kappa shape index (κ2) is 10.0. The van der Waals surface area contributed by atoms with Crippen LogP contribution < -0.4 is 10.6 Å². The average molecular weight is 479 g/mol. The number of halogens is 4. The number of hydrogen-bond acceptors (Lipinski definition) is 3. The van der Waals surface area contributed by atoms with Gasteiger partial charge < -0.3 is 15.4 Å². The number of amides is 1. The highest BCUT2D eigenvalue weighted by Crippen LogP contribution is 2.36. The van der Waals surface area contributed by atoms with Crippen molar-refractivity contribution >= 4 is 5.91 Å². The first-order valence-corrected chi connectivity index (χ1v) is 11.7. The Morgan fingerprint density at radius 2 is 1.91 bits per heavy atom. The largest absolute Gasteiger partial charge is 0.416 e. The molecule has 4 nitrogen and oxygen atoms in total. The van der Waals surface area contributed by atoms with Gasteiger partial charge in [0.2, 0.25) is 5.91 Å². The molecule has 1 aliphatic heterocycles. The summed E-state index contributed by atoms with van der Waals surface area (Å²) in [4.78, 5) is 12.5. The fourth-order valence-electron chi connectivity index (χ4n) is 4.47. The Hall–Kier alpha value is -2.45. The molecule has 2 aromatic rings. The monoisotopic (exact) mass is 478 g/mol. The summed E-state index contributed by atoms with van der Waals surface area (Å²) >= 11 is 0. The van der Waals surface area contributed by atoms with Gasteiger partial charge in [0.1, 0.15) is 6.67 Å². The molecule has 34 heavy (non-hydrogen) atoms. The van der Waals surface area contributed by atoms with Crippen LogP contribution >= 0.6 is 0 Å². The lowest BCUT2D eigenvalue weighted by molar-refractivity contribution is -0.137. The number of carbonyl (C=O) groups is 1. The molecule has 0 bridgehead atoms. The van der Waals surface area contributed by atoms with Gasteiger partial charge in [-0.1, -0.05) is 36.4 Å². The number of alkyl halides is 4. The van der Waals surface area contributed by atoms with Crippen molar-refractivity contribution < 1.29 is 27.1 Å². The maximum atomic E-state index is 13.3. The lowest BCUT2D eigenvalue weighted by Gasteiger charge is -2.42. The fraction of sp³-hybridized carbons (Fsp3) is 0.500. The van der Waals surface area contributed by atoms with E-state index in [2.05, 4.69) is 10.6 Å². The summed E-state index contributed by atoms with van der Waals surface area (Å²) in [6.07, 6.45) is -1.85. The van der Waals surface area contributed by atoms with Crippen LogP contribution in [0.25, 0.3) is 0 Å². The molecule has 184 valence electrons. The maximum Gasteiger partial charge on any atom is 0.416 e. The molecule has 2 unspecified atom stereocenters. The molecule has 1 saturated carbocycles. The molecule has 3 atom stereocenters. The van der Waals surface area contributed by atoms with E-state index in [1.807, 2.05) is 30.3 Å². The predicted octanol–water partition coefficient (Wildman–Crippen LogP) is 5.43. The number of carbonyl (C=O) groups excluding carboxylic acids is 1. The SMILES string of the molecule is CC(OC[C@@]1(c2ccccc2)CCC(C(=O)NC2CC2)CN1)c1cc(CF)cc(C(F)(F)F)c1. The highest BCUT2D eigenvalue weighted by Gasteiger charge is 2.40. The molecule has 2 aromatic carbocycles. The number of ether oxygens (including phenoxy) is 1. The van der Waals surface area contributed by atoms with Gasteiger partial charge in [-0.3, -0.25) is 4.79 Å². The van der Waals surface area contributed by atoms with Gasteiger partial charge in [-0.2, -0.15) is 13.2 Å². The van der Waals surface area contributed by atoms with Crippen molar-refractivity contribution in [3.05, 3.63) is 70.8 Å². The molecular formula is C26H30F4N2O2. The minimum Gasteiger partial charge on any atom is -0.372 e. The smallest absolute Gasteiger partial charge is 0.372 e. The van der Waals surface area contributed by atoms with Crippen LogP contribution in [0.2, 0.25) is 0 Å². The van der Waals surface area contributed by atoms with E-state index in [9.17, 15) is 22.4 Å². The lowest BCUT2D eigenvalue weighted by Crippen LogP contribution is -2.54. The van der Waals surface area contributed by atoms with Crippen molar-refractivity contribution in [1.29, 1.82) is 0 Å². The van der Waals surface area contributed by atoms with Crippen molar-refractivity contribution in [2.75, 3.05) is 13.2 Å². The molecular weight excluding hydrogens is 448 g/mol. The second-order valence-corrected chi connectivity index (χ2v) is 9.40. The van der Waals surface area contributed by atoms with Crippen molar-refractivity contribution in [2.24, 2.45) is 5.92 Å². The standard InChI is InChI=1S/C26H30F4N2O2/c1-17(20-11-18(14-27)12-22(13-20)26(28,29)30)34-16-25(21-5-3-2-4-6-21)10-9-19(15-31-25)24(33)32-23-7-8-23/h2-6,11-13,17,19,23,31H,7-10,14-16H2,1H3,(H,32,33)/t17?,19?,25-/m1/s1. The molecule has 2 aliphatic rings. The van der Waals surface area contributed by atoms with Crippen LogP contribution in [-0.2, 0) is 27.9 Å². The Balaban J connectivity index is 1.49. The first-order valence-electron chi connectivity index (χ1n) is 11.7. The molecule has 1 amide bonds. The topological polar surface area (TPSA) is 50.4 Å². The van der Waals surface area contributed by atoms with Crippen molar-refractivity contribution in [1.82, 2.24) is 10.6 Å². The minimum absolute atomic E-state index is 0.0293. The van der Waals surface area contributed by atoms with Gasteiger partial charge in [-0.25, -0.2) is 4.39 Å². The molecule has 0 radical (unpaired) electrons. The van der Waals surface area contributed by atoms with Gasteiger partial charge in [0.05, 0.1) is 29.7 Å². The Kier molecular flexibility index (Phi) is 7.28. The lowest BCUT2D eigenvalue weighted by atomic mass is 9.79. The highest BCUT2D eigenvalue weighted by molar-refractivity contribution is 5.79. The Bertz CT molecular complexity index is 984. The van der Waals surface area contributed by atoms with Crippen LogP contribution in [-0.4, -0.2) is 25.1 Å². The van der Waals surface area contributed by atoms with E-state index >= 15 is 0 Å². The van der Waals surface area contributed by atoms with E-state index in [4.69, 9.17) is 4.74 Å². The zero-order chi connectivity index (χ0) is 24.3. The van der Waals surface area contributed by atoms with Crippen LogP contribution in [0.4, 0.5) is 17.6 Å². The number of benzene rings is 2. The van der Waals surface area contributed by atoms with Crippen LogP contribution in [0.3, 0.4) is 0 Å². The predicted molar refractivity (Wildman–Crippen MR) is 121 cm³/mol. The fourth-order valence-corrected chi connectivity index (χ4v) is 4.47. The van der Waals surface area contributed by atoms with E-state index in [-0.39, 0.29) is 29.6 Å². The highest BCUT2D eigenvalue weighted by atomic mass is 19.4. The van der Waals surface area contributed by atoms with E-state index in [0.29, 0.717) is 25.4 Å². The summed E-state index contributed by atoms with van der Waals surface area (Å²) in [5, 5.41) is 6.57. The minimum atomic E-state index is -4.56. The Morgan fingerprint density at radius 1 is 1.18 bits per heavy atom. The van der Waals surface area contributed by atoms with Gasteiger partial charge >= 0.3 is 6.18 Å². The van der Waals surface area contributed by atoms with Crippen LogP contribution in [0.1, 0.15) is 61.0 Å². The summed E-state index contributed by atoms with van der Waals surface area (Å²) in [5.41, 5.74) is -0.208. The van der Waals surface area contributed by atoms with Gasteiger partial charge in [0.25, 0.3) is 0 Å². The summed E-state index contributed by atoms with van der Waals surface area (Å²) in [6, 6.07) is 13.3. The van der Waals surface area contributed by atoms with E-state index < -0.39 is 30.1 Å². The number of rotatable bonds is 8. The van der Waals surface area contributed by atoms with Gasteiger partial charge in [0, 0.05) is 12.6 Å². The molecule has 2 fully saturated rings. The van der Waals surface area contributed by atoms with Crippen molar-refractivity contribution in [2.45, 2.75) is 63.1 Å². The second-order valence-electron chi connectivity index (χ2n) is 9.40. The summed E-state index contributed by atoms with van der Waals surface area (Å²) in [7, 11) is 0. The molecule has 4 rings (SSSR count). The van der Waals surface area contributed by atoms with Crippen molar-refractivity contribution in [3.8, 4) is 0 Å². The molecule has 0 aromatic heterocycles. The van der Waals surface area contributed by atoms with Gasteiger partial charge in [-0.05, 0) is 61.4 Å². The zero-order valence-corrected chi connectivity index (χ0v) is 19.1. The Morgan fingerprint density at radius 3 is 2.50 bits per heavy atom. The molecule has 1 saturated heterocycles. The Labute approximate surface area is 197 Å². The van der Waals surface area contributed by atoms with E-state index in [1.54, 1.807) is 6.92 Å². The normalized spacial score (nSPS) is 24.0. The summed E-state index contributed by atoms with van der Waals surface area (Å²) in [5.74, 6) is -0.0703. The zero-order valence-electron chi connectivity index (χ0n) is 19.1.